The number of nitrogen functional groups attached to an aromatic ring is 1. The molecule has 0 atom stereocenters. The highest BCUT2D eigenvalue weighted by atomic mass is 19.2. The molecule has 0 saturated heterocycles. The molecule has 114 valence electrons. The maximum atomic E-state index is 13.8. The number of hydrogen-bond donors (Lipinski definition) is 1. The Morgan fingerprint density at radius 2 is 1.43 bits per heavy atom. The van der Waals surface area contributed by atoms with Gasteiger partial charge < -0.3 is 10.3 Å². The van der Waals surface area contributed by atoms with Crippen molar-refractivity contribution in [1.82, 2.24) is 5.16 Å². The van der Waals surface area contributed by atoms with E-state index in [2.05, 4.69) is 9.68 Å². The summed E-state index contributed by atoms with van der Waals surface area (Å²) in [6, 6.07) is 0. The molecule has 0 unspecified atom stereocenters. The van der Waals surface area contributed by atoms with Gasteiger partial charge in [0.2, 0.25) is 11.7 Å². The summed E-state index contributed by atoms with van der Waals surface area (Å²) in [6.07, 6.45) is 0.212. The van der Waals surface area contributed by atoms with Crippen molar-refractivity contribution in [2.45, 2.75) is 20.3 Å². The van der Waals surface area contributed by atoms with E-state index < -0.39 is 40.3 Å². The van der Waals surface area contributed by atoms with Crippen molar-refractivity contribution >= 4 is 5.88 Å². The van der Waals surface area contributed by atoms with E-state index in [9.17, 15) is 22.0 Å². The molecular formula is C13H11F5N2O. The number of benzene rings is 1. The molecule has 21 heavy (non-hydrogen) atoms. The third kappa shape index (κ3) is 2.45. The Morgan fingerprint density at radius 3 is 1.90 bits per heavy atom. The third-order valence-corrected chi connectivity index (χ3v) is 2.88. The van der Waals surface area contributed by atoms with Crippen LogP contribution in [-0.2, 0) is 6.42 Å². The molecule has 2 rings (SSSR count). The summed E-state index contributed by atoms with van der Waals surface area (Å²) in [4.78, 5) is 0. The number of rotatable bonds is 3. The number of nitrogens with zero attached hydrogens (tertiary/aromatic N) is 1. The third-order valence-electron chi connectivity index (χ3n) is 2.88. The van der Waals surface area contributed by atoms with Gasteiger partial charge in [0.25, 0.3) is 0 Å². The second-order valence-corrected chi connectivity index (χ2v) is 4.92. The Bertz CT molecular complexity index is 667. The standard InChI is InChI=1S/C13H11F5N2O/c1-4(2)3-5-12(20-21-13(5)19)6-7(14)9(16)11(18)10(17)8(6)15/h4H,3,19H2,1-2H3. The van der Waals surface area contributed by atoms with Crippen LogP contribution in [0.1, 0.15) is 19.4 Å². The topological polar surface area (TPSA) is 52.0 Å². The van der Waals surface area contributed by atoms with Crippen molar-refractivity contribution in [3.05, 3.63) is 34.6 Å². The predicted octanol–water partition coefficient (Wildman–Crippen LogP) is 3.82. The lowest BCUT2D eigenvalue weighted by Gasteiger charge is -2.09. The van der Waals surface area contributed by atoms with Crippen LogP contribution in [-0.4, -0.2) is 5.16 Å². The van der Waals surface area contributed by atoms with Gasteiger partial charge in [-0.05, 0) is 12.3 Å². The number of aromatic nitrogens is 1. The van der Waals surface area contributed by atoms with Gasteiger partial charge in [0.05, 0.1) is 5.56 Å². The van der Waals surface area contributed by atoms with E-state index in [0.29, 0.717) is 0 Å². The van der Waals surface area contributed by atoms with Crippen molar-refractivity contribution in [2.24, 2.45) is 5.92 Å². The first-order valence-electron chi connectivity index (χ1n) is 6.01. The zero-order valence-electron chi connectivity index (χ0n) is 11.1. The lowest BCUT2D eigenvalue weighted by atomic mass is 9.98. The van der Waals surface area contributed by atoms with E-state index in [4.69, 9.17) is 5.73 Å². The molecule has 0 fully saturated rings. The van der Waals surface area contributed by atoms with E-state index in [-0.39, 0.29) is 23.8 Å². The quantitative estimate of drug-likeness (QED) is 0.533. The van der Waals surface area contributed by atoms with Crippen LogP contribution in [0.2, 0.25) is 0 Å². The molecule has 0 radical (unpaired) electrons. The van der Waals surface area contributed by atoms with Crippen molar-refractivity contribution in [3.8, 4) is 11.3 Å². The smallest absolute Gasteiger partial charge is 0.225 e. The summed E-state index contributed by atoms with van der Waals surface area (Å²) < 4.78 is 71.7. The number of nitrogens with two attached hydrogens (primary N) is 1. The molecule has 1 aromatic carbocycles. The average Bonchev–Trinajstić information content (AvgIpc) is 2.76. The van der Waals surface area contributed by atoms with Gasteiger partial charge in [0.1, 0.15) is 5.69 Å². The number of anilines is 1. The molecule has 2 N–H and O–H groups in total. The van der Waals surface area contributed by atoms with E-state index in [0.717, 1.165) is 0 Å². The molecule has 0 bridgehead atoms. The normalized spacial score (nSPS) is 11.4. The van der Waals surface area contributed by atoms with Crippen LogP contribution in [0.3, 0.4) is 0 Å². The summed E-state index contributed by atoms with van der Waals surface area (Å²) in [5.74, 6) is -10.5. The zero-order valence-corrected chi connectivity index (χ0v) is 11.1. The summed E-state index contributed by atoms with van der Waals surface area (Å²) in [6.45, 7) is 3.57. The highest BCUT2D eigenvalue weighted by molar-refractivity contribution is 5.68. The van der Waals surface area contributed by atoms with Crippen LogP contribution in [0.15, 0.2) is 4.52 Å². The fourth-order valence-corrected chi connectivity index (χ4v) is 1.94. The SMILES string of the molecule is CC(C)Cc1c(-c2c(F)c(F)c(F)c(F)c2F)noc1N. The summed E-state index contributed by atoms with van der Waals surface area (Å²) in [7, 11) is 0. The van der Waals surface area contributed by atoms with E-state index >= 15 is 0 Å². The van der Waals surface area contributed by atoms with E-state index in [1.807, 2.05) is 0 Å². The number of halogens is 5. The highest BCUT2D eigenvalue weighted by Gasteiger charge is 2.30. The summed E-state index contributed by atoms with van der Waals surface area (Å²) in [5.41, 5.74) is 3.99. The van der Waals surface area contributed by atoms with Crippen LogP contribution in [0, 0.1) is 35.0 Å². The zero-order chi connectivity index (χ0) is 15.9. The number of hydrogen-bond acceptors (Lipinski definition) is 3. The van der Waals surface area contributed by atoms with Crippen molar-refractivity contribution < 1.29 is 26.5 Å². The average molecular weight is 306 g/mol. The minimum absolute atomic E-state index is 0.00622. The molecule has 0 amide bonds. The Balaban J connectivity index is 2.74. The van der Waals surface area contributed by atoms with Crippen LogP contribution < -0.4 is 5.73 Å². The molecule has 0 aliphatic rings. The molecule has 8 heteroatoms. The molecule has 0 aliphatic carbocycles. The molecule has 3 nitrogen and oxygen atoms in total. The fraction of sp³-hybridized carbons (Fsp3) is 0.308. The van der Waals surface area contributed by atoms with Crippen molar-refractivity contribution in [3.63, 3.8) is 0 Å². The maximum absolute atomic E-state index is 13.8. The molecule has 0 aliphatic heterocycles. The molecule has 2 aromatic rings. The van der Waals surface area contributed by atoms with Gasteiger partial charge in [0, 0.05) is 5.56 Å². The predicted molar refractivity (Wildman–Crippen MR) is 64.7 cm³/mol. The van der Waals surface area contributed by atoms with Crippen LogP contribution in [0.5, 0.6) is 0 Å². The van der Waals surface area contributed by atoms with Gasteiger partial charge in [-0.25, -0.2) is 22.0 Å². The van der Waals surface area contributed by atoms with Gasteiger partial charge in [-0.2, -0.15) is 0 Å². The largest absolute Gasteiger partial charge is 0.367 e. The lowest BCUT2D eigenvalue weighted by Crippen LogP contribution is -2.06. The second kappa shape index (κ2) is 5.34. The van der Waals surface area contributed by atoms with E-state index in [1.54, 1.807) is 13.8 Å². The molecule has 0 saturated carbocycles. The first-order chi connectivity index (χ1) is 9.75. The molecule has 1 aromatic heterocycles. The summed E-state index contributed by atoms with van der Waals surface area (Å²) in [5, 5.41) is 3.34. The van der Waals surface area contributed by atoms with Gasteiger partial charge >= 0.3 is 0 Å². The fourth-order valence-electron chi connectivity index (χ4n) is 1.94. The minimum atomic E-state index is -2.23. The first kappa shape index (κ1) is 15.3. The lowest BCUT2D eigenvalue weighted by molar-refractivity contribution is 0.379. The van der Waals surface area contributed by atoms with Gasteiger partial charge in [-0.3, -0.25) is 0 Å². The maximum Gasteiger partial charge on any atom is 0.225 e. The Morgan fingerprint density at radius 1 is 0.952 bits per heavy atom. The van der Waals surface area contributed by atoms with E-state index in [1.165, 1.54) is 0 Å². The van der Waals surface area contributed by atoms with Crippen LogP contribution in [0.25, 0.3) is 11.3 Å². The molecular weight excluding hydrogens is 295 g/mol. The Labute approximate surface area is 116 Å². The highest BCUT2D eigenvalue weighted by Crippen LogP contribution is 2.35. The van der Waals surface area contributed by atoms with Crippen LogP contribution in [0.4, 0.5) is 27.8 Å². The Hall–Kier alpha value is -2.12. The Kier molecular flexibility index (Phi) is 3.89. The molecule has 0 spiro atoms. The second-order valence-electron chi connectivity index (χ2n) is 4.92. The van der Waals surface area contributed by atoms with Gasteiger partial charge in [0.15, 0.2) is 23.3 Å². The first-order valence-corrected chi connectivity index (χ1v) is 6.01. The van der Waals surface area contributed by atoms with Gasteiger partial charge in [-0.1, -0.05) is 19.0 Å². The van der Waals surface area contributed by atoms with Crippen LogP contribution >= 0.6 is 0 Å². The minimum Gasteiger partial charge on any atom is -0.367 e. The van der Waals surface area contributed by atoms with Gasteiger partial charge in [-0.15, -0.1) is 0 Å². The summed E-state index contributed by atoms with van der Waals surface area (Å²) >= 11 is 0. The van der Waals surface area contributed by atoms with Crippen molar-refractivity contribution in [1.29, 1.82) is 0 Å². The molecule has 1 heterocycles. The van der Waals surface area contributed by atoms with Crippen molar-refractivity contribution in [2.75, 3.05) is 5.73 Å². The monoisotopic (exact) mass is 306 g/mol.